The lowest BCUT2D eigenvalue weighted by Crippen LogP contribution is -2.32. The molecule has 7 nitrogen and oxygen atoms in total. The van der Waals surface area contributed by atoms with Crippen LogP contribution < -0.4 is 5.56 Å². The van der Waals surface area contributed by atoms with Gasteiger partial charge in [-0.3, -0.25) is 9.59 Å². The van der Waals surface area contributed by atoms with Gasteiger partial charge in [0.2, 0.25) is 0 Å². The molecule has 4 aromatic rings. The van der Waals surface area contributed by atoms with E-state index in [0.29, 0.717) is 16.7 Å². The second-order valence-corrected chi connectivity index (χ2v) is 9.49. The number of aromatic amines is 1. The Morgan fingerprint density at radius 1 is 0.938 bits per heavy atom. The number of para-hydroxylation sites is 1. The molecule has 1 amide bonds. The van der Waals surface area contributed by atoms with Gasteiger partial charge in [-0.2, -0.15) is 0 Å². The van der Waals surface area contributed by atoms with E-state index in [-0.39, 0.29) is 35.0 Å². The Morgan fingerprint density at radius 2 is 1.66 bits per heavy atom. The molecule has 0 aliphatic carbocycles. The largest absolute Gasteiger partial charge is 0.327 e. The summed E-state index contributed by atoms with van der Waals surface area (Å²) in [6.07, 6.45) is 1.10. The zero-order valence-corrected chi connectivity index (χ0v) is 18.2. The molecule has 3 aromatic carbocycles. The van der Waals surface area contributed by atoms with Crippen LogP contribution in [0.25, 0.3) is 10.9 Å². The van der Waals surface area contributed by atoms with Gasteiger partial charge in [0.25, 0.3) is 11.5 Å². The molecule has 0 bridgehead atoms. The first kappa shape index (κ1) is 21.5. The summed E-state index contributed by atoms with van der Waals surface area (Å²) in [7, 11) is -3.46. The first-order chi connectivity index (χ1) is 15.3. The smallest absolute Gasteiger partial charge is 0.258 e. The normalized spacial score (nSPS) is 11.4. The van der Waals surface area contributed by atoms with Crippen molar-refractivity contribution >= 4 is 26.6 Å². The third-order valence-electron chi connectivity index (χ3n) is 5.02. The van der Waals surface area contributed by atoms with Crippen molar-refractivity contribution in [1.82, 2.24) is 14.9 Å². The fourth-order valence-corrected chi connectivity index (χ4v) is 4.10. The van der Waals surface area contributed by atoms with Crippen molar-refractivity contribution in [2.45, 2.75) is 18.0 Å². The molecule has 8 heteroatoms. The molecule has 1 heterocycles. The van der Waals surface area contributed by atoms with Crippen LogP contribution in [0.1, 0.15) is 21.7 Å². The summed E-state index contributed by atoms with van der Waals surface area (Å²) in [5.41, 5.74) is 1.39. The predicted octanol–water partition coefficient (Wildman–Crippen LogP) is 3.17. The van der Waals surface area contributed by atoms with Gasteiger partial charge in [0.1, 0.15) is 5.82 Å². The highest BCUT2D eigenvalue weighted by molar-refractivity contribution is 7.90. The van der Waals surface area contributed by atoms with Crippen molar-refractivity contribution < 1.29 is 13.2 Å². The van der Waals surface area contributed by atoms with Crippen LogP contribution in [0.15, 0.2) is 88.6 Å². The van der Waals surface area contributed by atoms with Crippen molar-refractivity contribution in [3.8, 4) is 0 Å². The van der Waals surface area contributed by atoms with Crippen molar-refractivity contribution in [2.24, 2.45) is 0 Å². The van der Waals surface area contributed by atoms with Gasteiger partial charge in [0.05, 0.1) is 22.3 Å². The number of hydrogen-bond acceptors (Lipinski definition) is 5. The molecule has 0 aliphatic heterocycles. The van der Waals surface area contributed by atoms with Gasteiger partial charge < -0.3 is 9.88 Å². The highest BCUT2D eigenvalue weighted by Gasteiger charge is 2.20. The molecule has 0 aliphatic rings. The van der Waals surface area contributed by atoms with Crippen LogP contribution in [-0.2, 0) is 22.9 Å². The molecule has 0 unspecified atom stereocenters. The highest BCUT2D eigenvalue weighted by Crippen LogP contribution is 2.17. The van der Waals surface area contributed by atoms with Gasteiger partial charge in [-0.1, -0.05) is 48.5 Å². The number of aromatic nitrogens is 2. The number of nitrogens with one attached hydrogen (secondary N) is 1. The van der Waals surface area contributed by atoms with E-state index in [1.54, 1.807) is 36.4 Å². The summed E-state index contributed by atoms with van der Waals surface area (Å²) < 4.78 is 23.9. The lowest BCUT2D eigenvalue weighted by atomic mass is 10.1. The molecule has 0 saturated heterocycles. The van der Waals surface area contributed by atoms with E-state index >= 15 is 0 Å². The molecule has 1 N–H and O–H groups in total. The maximum absolute atomic E-state index is 13.4. The van der Waals surface area contributed by atoms with E-state index in [1.165, 1.54) is 17.0 Å². The average Bonchev–Trinajstić information content (AvgIpc) is 2.78. The summed E-state index contributed by atoms with van der Waals surface area (Å²) in [5.74, 6) is -0.0209. The van der Waals surface area contributed by atoms with Crippen molar-refractivity contribution in [2.75, 3.05) is 6.26 Å². The summed E-state index contributed by atoms with van der Waals surface area (Å²) >= 11 is 0. The van der Waals surface area contributed by atoms with Gasteiger partial charge in [0.15, 0.2) is 9.84 Å². The van der Waals surface area contributed by atoms with E-state index in [4.69, 9.17) is 0 Å². The van der Waals surface area contributed by atoms with Crippen LogP contribution in [0.3, 0.4) is 0 Å². The van der Waals surface area contributed by atoms with Crippen LogP contribution in [0.4, 0.5) is 0 Å². The monoisotopic (exact) mass is 447 g/mol. The summed E-state index contributed by atoms with van der Waals surface area (Å²) in [4.78, 5) is 34.7. The van der Waals surface area contributed by atoms with Gasteiger partial charge in [-0.25, -0.2) is 13.4 Å². The van der Waals surface area contributed by atoms with Gasteiger partial charge in [-0.05, 0) is 35.9 Å². The number of rotatable bonds is 6. The molecule has 0 fully saturated rings. The van der Waals surface area contributed by atoms with Crippen molar-refractivity contribution in [3.05, 3.63) is 106 Å². The number of carbonyl (C=O) groups is 1. The van der Waals surface area contributed by atoms with E-state index < -0.39 is 9.84 Å². The minimum absolute atomic E-state index is 0.0525. The maximum Gasteiger partial charge on any atom is 0.258 e. The second kappa shape index (κ2) is 8.76. The van der Waals surface area contributed by atoms with Crippen LogP contribution in [0.5, 0.6) is 0 Å². The molecule has 0 spiro atoms. The number of sulfone groups is 1. The fraction of sp³-hybridized carbons (Fsp3) is 0.125. The zero-order valence-electron chi connectivity index (χ0n) is 17.4. The van der Waals surface area contributed by atoms with Gasteiger partial charge in [0, 0.05) is 18.4 Å². The van der Waals surface area contributed by atoms with Crippen LogP contribution in [0.2, 0.25) is 0 Å². The summed E-state index contributed by atoms with van der Waals surface area (Å²) in [6, 6.07) is 22.3. The van der Waals surface area contributed by atoms with E-state index in [0.717, 1.165) is 11.8 Å². The Kier molecular flexibility index (Phi) is 5.87. The molecule has 1 aromatic heterocycles. The Balaban J connectivity index is 1.72. The number of carbonyl (C=O) groups excluding carboxylic acids is 1. The molecule has 0 atom stereocenters. The predicted molar refractivity (Wildman–Crippen MR) is 122 cm³/mol. The Hall–Kier alpha value is -3.78. The lowest BCUT2D eigenvalue weighted by Gasteiger charge is -2.23. The number of nitrogens with zero attached hydrogens (tertiary/aromatic N) is 2. The number of benzene rings is 3. The van der Waals surface area contributed by atoms with Gasteiger partial charge in [-0.15, -0.1) is 0 Å². The summed E-state index contributed by atoms with van der Waals surface area (Å²) in [6.45, 7) is 0.316. The highest BCUT2D eigenvalue weighted by atomic mass is 32.2. The quantitative estimate of drug-likeness (QED) is 0.489. The molecular weight excluding hydrogens is 426 g/mol. The van der Waals surface area contributed by atoms with Crippen LogP contribution >= 0.6 is 0 Å². The minimum atomic E-state index is -3.46. The van der Waals surface area contributed by atoms with Crippen LogP contribution in [0, 0.1) is 0 Å². The number of fused-ring (bicyclic) bond motifs is 1. The molecular formula is C24H21N3O4S. The molecule has 32 heavy (non-hydrogen) atoms. The van der Waals surface area contributed by atoms with E-state index in [9.17, 15) is 18.0 Å². The van der Waals surface area contributed by atoms with E-state index in [1.807, 2.05) is 30.3 Å². The number of hydrogen-bond donors (Lipinski definition) is 1. The Morgan fingerprint density at radius 3 is 2.41 bits per heavy atom. The summed E-state index contributed by atoms with van der Waals surface area (Å²) in [5, 5.41) is 0.470. The lowest BCUT2D eigenvalue weighted by molar-refractivity contribution is 0.0725. The Bertz CT molecular complexity index is 1450. The molecule has 162 valence electrons. The Labute approximate surface area is 185 Å². The fourth-order valence-electron chi connectivity index (χ4n) is 3.44. The molecule has 0 saturated carbocycles. The third kappa shape index (κ3) is 4.76. The molecule has 4 rings (SSSR count). The van der Waals surface area contributed by atoms with Crippen LogP contribution in [-0.4, -0.2) is 35.4 Å². The average molecular weight is 448 g/mol. The maximum atomic E-state index is 13.4. The standard InChI is InChI=1S/C24H21N3O4S/c1-32(30,31)19-11-7-10-18(14-19)24(29)27(15-17-8-3-2-4-9-17)16-22-25-21-13-6-5-12-20(21)23(28)26-22/h2-14H,15-16H2,1H3,(H,25,26,28). The topological polar surface area (TPSA) is 100 Å². The zero-order chi connectivity index (χ0) is 22.7. The number of H-pyrrole nitrogens is 1. The first-order valence-corrected chi connectivity index (χ1v) is 11.8. The van der Waals surface area contributed by atoms with Crippen molar-refractivity contribution in [3.63, 3.8) is 0 Å². The van der Waals surface area contributed by atoms with E-state index in [2.05, 4.69) is 9.97 Å². The van der Waals surface area contributed by atoms with Crippen molar-refractivity contribution in [1.29, 1.82) is 0 Å². The second-order valence-electron chi connectivity index (χ2n) is 7.48. The molecule has 0 radical (unpaired) electrons. The number of amides is 1. The van der Waals surface area contributed by atoms with Gasteiger partial charge >= 0.3 is 0 Å². The SMILES string of the molecule is CS(=O)(=O)c1cccc(C(=O)N(Cc2ccccc2)Cc2nc3ccccc3c(=O)[nH]2)c1. The minimum Gasteiger partial charge on any atom is -0.327 e. The first-order valence-electron chi connectivity index (χ1n) is 9.92. The third-order valence-corrected chi connectivity index (χ3v) is 6.13.